The first-order valence-corrected chi connectivity index (χ1v) is 7.96. The van der Waals surface area contributed by atoms with Crippen LogP contribution in [-0.2, 0) is 0 Å². The normalized spacial score (nSPS) is 17.8. The highest BCUT2D eigenvalue weighted by Crippen LogP contribution is 2.36. The van der Waals surface area contributed by atoms with Crippen LogP contribution in [0.2, 0.25) is 5.02 Å². The van der Waals surface area contributed by atoms with Crippen molar-refractivity contribution in [2.45, 2.75) is 26.9 Å². The van der Waals surface area contributed by atoms with Crippen molar-refractivity contribution in [3.05, 3.63) is 27.8 Å². The van der Waals surface area contributed by atoms with Gasteiger partial charge in [-0.15, -0.1) is 0 Å². The summed E-state index contributed by atoms with van der Waals surface area (Å²) in [7, 11) is 0. The molecule has 0 radical (unpaired) electrons. The number of hydrogen-bond donors (Lipinski definition) is 2. The lowest BCUT2D eigenvalue weighted by atomic mass is 9.98. The van der Waals surface area contributed by atoms with Gasteiger partial charge in [0.2, 0.25) is 0 Å². The molecule has 0 amide bonds. The average Bonchev–Trinajstić information content (AvgIpc) is 2.46. The Hall–Kier alpha value is -0.810. The van der Waals surface area contributed by atoms with Crippen molar-refractivity contribution >= 4 is 11.6 Å². The summed E-state index contributed by atoms with van der Waals surface area (Å²) in [6.07, 6.45) is -0.581. The number of β-amino-alcohol motifs (C(OH)–C–C–N with tert-alkyl or cyclic N) is 1. The number of halogens is 1. The summed E-state index contributed by atoms with van der Waals surface area (Å²) in [6.45, 7) is 10.9. The second-order valence-corrected chi connectivity index (χ2v) is 5.92. The van der Waals surface area contributed by atoms with Gasteiger partial charge in [0.25, 0.3) is 0 Å². The lowest BCUT2D eigenvalue weighted by Crippen LogP contribution is -2.45. The predicted octanol–water partition coefficient (Wildman–Crippen LogP) is 2.29. The van der Waals surface area contributed by atoms with Crippen molar-refractivity contribution in [1.82, 2.24) is 10.2 Å². The molecule has 0 spiro atoms. The van der Waals surface area contributed by atoms with Gasteiger partial charge in [-0.3, -0.25) is 4.90 Å². The highest BCUT2D eigenvalue weighted by Gasteiger charge is 2.22. The molecule has 1 aromatic carbocycles. The fraction of sp³-hybridized carbons (Fsp3) is 0.625. The summed E-state index contributed by atoms with van der Waals surface area (Å²) in [4.78, 5) is 2.27. The zero-order chi connectivity index (χ0) is 15.4. The molecule has 5 heteroatoms. The summed E-state index contributed by atoms with van der Waals surface area (Å²) in [5, 5.41) is 14.7. The van der Waals surface area contributed by atoms with Gasteiger partial charge in [0.15, 0.2) is 0 Å². The van der Waals surface area contributed by atoms with Gasteiger partial charge in [0.1, 0.15) is 5.75 Å². The first-order valence-electron chi connectivity index (χ1n) is 7.58. The van der Waals surface area contributed by atoms with Crippen LogP contribution in [0.25, 0.3) is 0 Å². The first-order chi connectivity index (χ1) is 10.0. The van der Waals surface area contributed by atoms with Gasteiger partial charge in [-0.25, -0.2) is 0 Å². The van der Waals surface area contributed by atoms with E-state index in [1.807, 2.05) is 26.8 Å². The molecule has 1 aromatic rings. The van der Waals surface area contributed by atoms with Crippen LogP contribution in [0.4, 0.5) is 0 Å². The van der Waals surface area contributed by atoms with Gasteiger partial charge in [0, 0.05) is 43.3 Å². The van der Waals surface area contributed by atoms with Gasteiger partial charge in [-0.1, -0.05) is 11.6 Å². The Labute approximate surface area is 132 Å². The maximum Gasteiger partial charge on any atom is 0.125 e. The molecule has 0 aliphatic carbocycles. The van der Waals surface area contributed by atoms with E-state index in [1.165, 1.54) is 0 Å². The topological polar surface area (TPSA) is 44.7 Å². The van der Waals surface area contributed by atoms with Crippen LogP contribution in [-0.4, -0.2) is 49.3 Å². The quantitative estimate of drug-likeness (QED) is 0.875. The van der Waals surface area contributed by atoms with E-state index in [9.17, 15) is 5.11 Å². The van der Waals surface area contributed by atoms with Crippen LogP contribution in [0.5, 0.6) is 5.75 Å². The summed E-state index contributed by atoms with van der Waals surface area (Å²) in [5.74, 6) is 0.750. The summed E-state index contributed by atoms with van der Waals surface area (Å²) < 4.78 is 5.71. The molecule has 1 unspecified atom stereocenters. The van der Waals surface area contributed by atoms with E-state index < -0.39 is 6.10 Å². The number of aliphatic hydroxyl groups excluding tert-OH is 1. The van der Waals surface area contributed by atoms with Crippen LogP contribution in [0, 0.1) is 13.8 Å². The number of nitrogens with zero attached hydrogens (tertiary/aromatic N) is 1. The largest absolute Gasteiger partial charge is 0.493 e. The maximum absolute atomic E-state index is 10.7. The van der Waals surface area contributed by atoms with Gasteiger partial charge < -0.3 is 15.2 Å². The summed E-state index contributed by atoms with van der Waals surface area (Å²) in [6, 6.07) is 1.93. The monoisotopic (exact) mass is 312 g/mol. The van der Waals surface area contributed by atoms with E-state index in [2.05, 4.69) is 10.2 Å². The second kappa shape index (κ2) is 7.45. The highest BCUT2D eigenvalue weighted by atomic mass is 35.5. The Balaban J connectivity index is 2.25. The number of ether oxygens (including phenoxy) is 1. The Morgan fingerprint density at radius 1 is 1.38 bits per heavy atom. The molecule has 1 atom stereocenters. The van der Waals surface area contributed by atoms with Crippen molar-refractivity contribution in [3.8, 4) is 5.75 Å². The van der Waals surface area contributed by atoms with E-state index in [0.29, 0.717) is 18.2 Å². The van der Waals surface area contributed by atoms with E-state index in [-0.39, 0.29) is 0 Å². The van der Waals surface area contributed by atoms with Gasteiger partial charge in [-0.05, 0) is 38.0 Å². The highest BCUT2D eigenvalue weighted by molar-refractivity contribution is 6.32. The third-order valence-corrected chi connectivity index (χ3v) is 4.55. The average molecular weight is 313 g/mol. The fourth-order valence-corrected chi connectivity index (χ4v) is 3.01. The number of rotatable bonds is 5. The van der Waals surface area contributed by atoms with Crippen LogP contribution >= 0.6 is 11.6 Å². The number of benzene rings is 1. The lowest BCUT2D eigenvalue weighted by Gasteiger charge is -2.30. The molecular formula is C16H25ClN2O2. The zero-order valence-corrected chi connectivity index (χ0v) is 13.8. The molecule has 0 bridgehead atoms. The molecule has 1 aliphatic heterocycles. The van der Waals surface area contributed by atoms with E-state index in [4.69, 9.17) is 16.3 Å². The number of hydrogen-bond acceptors (Lipinski definition) is 4. The molecule has 2 rings (SSSR count). The van der Waals surface area contributed by atoms with Gasteiger partial charge in [-0.2, -0.15) is 0 Å². The number of nitrogens with one attached hydrogen (secondary N) is 1. The molecule has 0 saturated carbocycles. The molecule has 1 fully saturated rings. The van der Waals surface area contributed by atoms with Crippen LogP contribution in [0.1, 0.15) is 29.7 Å². The molecule has 2 N–H and O–H groups in total. The van der Waals surface area contributed by atoms with Crippen molar-refractivity contribution in [3.63, 3.8) is 0 Å². The summed E-state index contributed by atoms with van der Waals surface area (Å²) in [5.41, 5.74) is 2.73. The van der Waals surface area contributed by atoms with Gasteiger partial charge in [0.05, 0.1) is 12.7 Å². The molecule has 0 aromatic heterocycles. The number of aliphatic hydroxyl groups is 1. The standard InChI is InChI=1S/C16H25ClN2O2/c1-4-21-14-9-11(2)16(17)12(3)15(14)13(20)10-19-7-5-18-6-8-19/h9,13,18,20H,4-8,10H2,1-3H3. The fourth-order valence-electron chi connectivity index (χ4n) is 2.86. The molecule has 21 heavy (non-hydrogen) atoms. The Morgan fingerprint density at radius 3 is 2.67 bits per heavy atom. The zero-order valence-electron chi connectivity index (χ0n) is 13.1. The summed E-state index contributed by atoms with van der Waals surface area (Å²) >= 11 is 6.35. The van der Waals surface area contributed by atoms with Crippen LogP contribution in [0.15, 0.2) is 6.07 Å². The van der Waals surface area contributed by atoms with E-state index >= 15 is 0 Å². The minimum Gasteiger partial charge on any atom is -0.493 e. The molecule has 118 valence electrons. The van der Waals surface area contributed by atoms with Crippen molar-refractivity contribution in [2.24, 2.45) is 0 Å². The third-order valence-electron chi connectivity index (χ3n) is 3.97. The van der Waals surface area contributed by atoms with Crippen LogP contribution < -0.4 is 10.1 Å². The Morgan fingerprint density at radius 2 is 2.05 bits per heavy atom. The Kier molecular flexibility index (Phi) is 5.88. The van der Waals surface area contributed by atoms with Crippen molar-refractivity contribution < 1.29 is 9.84 Å². The van der Waals surface area contributed by atoms with E-state index in [1.54, 1.807) is 0 Å². The van der Waals surface area contributed by atoms with Crippen molar-refractivity contribution in [1.29, 1.82) is 0 Å². The third kappa shape index (κ3) is 3.89. The Bertz CT molecular complexity index is 488. The number of piperazine rings is 1. The minimum absolute atomic E-state index is 0.577. The lowest BCUT2D eigenvalue weighted by molar-refractivity contribution is 0.102. The van der Waals surface area contributed by atoms with Crippen LogP contribution in [0.3, 0.4) is 0 Å². The first kappa shape index (κ1) is 16.6. The molecule has 1 aliphatic rings. The van der Waals surface area contributed by atoms with Gasteiger partial charge >= 0.3 is 0 Å². The smallest absolute Gasteiger partial charge is 0.125 e. The molecule has 1 heterocycles. The minimum atomic E-state index is -0.581. The second-order valence-electron chi connectivity index (χ2n) is 5.54. The molecule has 4 nitrogen and oxygen atoms in total. The number of aryl methyl sites for hydroxylation is 1. The predicted molar refractivity (Wildman–Crippen MR) is 86.4 cm³/mol. The SMILES string of the molecule is CCOc1cc(C)c(Cl)c(C)c1C(O)CN1CCNCC1. The van der Waals surface area contributed by atoms with E-state index in [0.717, 1.165) is 48.6 Å². The molecular weight excluding hydrogens is 288 g/mol. The van der Waals surface area contributed by atoms with Crippen molar-refractivity contribution in [2.75, 3.05) is 39.3 Å². The molecule has 1 saturated heterocycles. The maximum atomic E-state index is 10.7.